The molecule has 2 N–H and O–H groups in total. The second kappa shape index (κ2) is 4.97. The molecule has 1 unspecified atom stereocenters. The van der Waals surface area contributed by atoms with Gasteiger partial charge in [0.15, 0.2) is 0 Å². The molecule has 3 aliphatic rings. The van der Waals surface area contributed by atoms with E-state index in [1.165, 1.54) is 25.7 Å². The van der Waals surface area contributed by atoms with Crippen molar-refractivity contribution in [3.05, 3.63) is 22.8 Å². The van der Waals surface area contributed by atoms with Gasteiger partial charge in [0.2, 0.25) is 5.91 Å². The van der Waals surface area contributed by atoms with E-state index in [1.807, 2.05) is 18.2 Å². The lowest BCUT2D eigenvalue weighted by atomic mass is 9.76. The molecular formula is C13H16BrN3O. The molecule has 96 valence electrons. The van der Waals surface area contributed by atoms with Crippen LogP contribution in [0.15, 0.2) is 22.8 Å². The van der Waals surface area contributed by atoms with Crippen molar-refractivity contribution < 1.29 is 4.79 Å². The summed E-state index contributed by atoms with van der Waals surface area (Å²) in [5.74, 6) is 1.15. The van der Waals surface area contributed by atoms with Crippen molar-refractivity contribution in [2.75, 3.05) is 5.32 Å². The highest BCUT2D eigenvalue weighted by atomic mass is 79.9. The molecule has 0 radical (unpaired) electrons. The Hall–Kier alpha value is -0.940. The normalized spacial score (nSPS) is 30.2. The van der Waals surface area contributed by atoms with Crippen LogP contribution in [0.25, 0.3) is 0 Å². The number of pyridine rings is 1. The molecule has 0 aromatic carbocycles. The lowest BCUT2D eigenvalue weighted by molar-refractivity contribution is -0.121. The van der Waals surface area contributed by atoms with Crippen molar-refractivity contribution in [2.24, 2.45) is 5.92 Å². The van der Waals surface area contributed by atoms with Crippen molar-refractivity contribution in [3.8, 4) is 0 Å². The summed E-state index contributed by atoms with van der Waals surface area (Å²) in [4.78, 5) is 16.5. The molecule has 1 aliphatic carbocycles. The van der Waals surface area contributed by atoms with Crippen LogP contribution in [0.4, 0.5) is 5.82 Å². The summed E-state index contributed by atoms with van der Waals surface area (Å²) in [6.45, 7) is 0. The minimum absolute atomic E-state index is 0.0433. The number of hydrogen-bond acceptors (Lipinski definition) is 3. The van der Waals surface area contributed by atoms with Gasteiger partial charge in [-0.2, -0.15) is 0 Å². The average molecular weight is 310 g/mol. The fourth-order valence-corrected chi connectivity index (χ4v) is 3.32. The van der Waals surface area contributed by atoms with Gasteiger partial charge in [-0.15, -0.1) is 0 Å². The molecule has 3 heterocycles. The third-order valence-electron chi connectivity index (χ3n) is 3.91. The van der Waals surface area contributed by atoms with Gasteiger partial charge in [-0.1, -0.05) is 6.07 Å². The largest absolute Gasteiger partial charge is 0.309 e. The van der Waals surface area contributed by atoms with Crippen molar-refractivity contribution in [1.29, 1.82) is 0 Å². The fraction of sp³-hybridized carbons (Fsp3) is 0.538. The van der Waals surface area contributed by atoms with Gasteiger partial charge < -0.3 is 10.6 Å². The summed E-state index contributed by atoms with van der Waals surface area (Å²) in [6.07, 6.45) is 4.76. The summed E-state index contributed by atoms with van der Waals surface area (Å²) in [7, 11) is 0. The van der Waals surface area contributed by atoms with Gasteiger partial charge in [-0.25, -0.2) is 4.98 Å². The summed E-state index contributed by atoms with van der Waals surface area (Å²) >= 11 is 3.30. The molecule has 1 atom stereocenters. The Morgan fingerprint density at radius 3 is 2.72 bits per heavy atom. The number of carbonyl (C=O) groups excluding carboxylic acids is 1. The van der Waals surface area contributed by atoms with Gasteiger partial charge in [0, 0.05) is 6.04 Å². The average Bonchev–Trinajstić information content (AvgIpc) is 2.40. The molecule has 2 aliphatic heterocycles. The Labute approximate surface area is 115 Å². The number of fused-ring (bicyclic) bond motifs is 3. The molecular weight excluding hydrogens is 294 g/mol. The van der Waals surface area contributed by atoms with E-state index in [2.05, 4.69) is 31.5 Å². The Balaban J connectivity index is 1.68. The smallest absolute Gasteiger partial charge is 0.242 e. The number of amides is 1. The van der Waals surface area contributed by atoms with Gasteiger partial charge >= 0.3 is 0 Å². The lowest BCUT2D eigenvalue weighted by Gasteiger charge is -2.42. The van der Waals surface area contributed by atoms with Gasteiger partial charge in [-0.3, -0.25) is 4.79 Å². The van der Waals surface area contributed by atoms with Gasteiger partial charge in [0.05, 0.1) is 6.04 Å². The minimum atomic E-state index is -0.0433. The number of anilines is 1. The third kappa shape index (κ3) is 2.42. The predicted molar refractivity (Wildman–Crippen MR) is 73.2 cm³/mol. The van der Waals surface area contributed by atoms with Gasteiger partial charge in [0.25, 0.3) is 0 Å². The van der Waals surface area contributed by atoms with Crippen LogP contribution in [0.5, 0.6) is 0 Å². The van der Waals surface area contributed by atoms with Crippen molar-refractivity contribution in [2.45, 2.75) is 37.8 Å². The zero-order valence-corrected chi connectivity index (χ0v) is 11.6. The molecule has 1 saturated carbocycles. The van der Waals surface area contributed by atoms with Crippen LogP contribution in [0.1, 0.15) is 25.7 Å². The number of aromatic nitrogens is 1. The highest BCUT2D eigenvalue weighted by molar-refractivity contribution is 9.10. The Morgan fingerprint density at radius 2 is 2.11 bits per heavy atom. The number of nitrogens with zero attached hydrogens (tertiary/aromatic N) is 1. The maximum Gasteiger partial charge on any atom is 0.242 e. The van der Waals surface area contributed by atoms with E-state index in [9.17, 15) is 4.79 Å². The number of hydrogen-bond donors (Lipinski definition) is 2. The molecule has 0 spiro atoms. The summed E-state index contributed by atoms with van der Waals surface area (Å²) in [5, 5.41) is 6.33. The Bertz CT molecular complexity index is 457. The topological polar surface area (TPSA) is 54.0 Å². The summed E-state index contributed by atoms with van der Waals surface area (Å²) in [5.41, 5.74) is 0. The van der Waals surface area contributed by atoms with Crippen molar-refractivity contribution in [1.82, 2.24) is 10.3 Å². The number of nitrogens with one attached hydrogen (secondary N) is 2. The van der Waals surface area contributed by atoms with E-state index in [0.717, 1.165) is 4.60 Å². The first-order valence-electron chi connectivity index (χ1n) is 6.42. The molecule has 4 rings (SSSR count). The summed E-state index contributed by atoms with van der Waals surface area (Å²) in [6, 6.07) is 6.01. The van der Waals surface area contributed by atoms with E-state index in [4.69, 9.17) is 0 Å². The zero-order valence-electron chi connectivity index (χ0n) is 10.0. The summed E-state index contributed by atoms with van der Waals surface area (Å²) < 4.78 is 0.735. The molecule has 3 fully saturated rings. The van der Waals surface area contributed by atoms with Crippen molar-refractivity contribution >= 4 is 27.7 Å². The predicted octanol–water partition coefficient (Wildman–Crippen LogP) is 2.31. The maximum atomic E-state index is 12.2. The zero-order chi connectivity index (χ0) is 12.5. The molecule has 2 saturated heterocycles. The van der Waals surface area contributed by atoms with E-state index < -0.39 is 0 Å². The first-order valence-corrected chi connectivity index (χ1v) is 7.21. The van der Waals surface area contributed by atoms with Crippen LogP contribution in [0.3, 0.4) is 0 Å². The van der Waals surface area contributed by atoms with Crippen LogP contribution >= 0.6 is 15.9 Å². The molecule has 2 bridgehead atoms. The van der Waals surface area contributed by atoms with E-state index in [-0.39, 0.29) is 11.9 Å². The number of halogens is 1. The van der Waals surface area contributed by atoms with Gasteiger partial charge in [-0.05, 0) is 59.7 Å². The third-order valence-corrected chi connectivity index (χ3v) is 4.35. The molecule has 1 aromatic heterocycles. The second-order valence-corrected chi connectivity index (χ2v) is 5.90. The molecule has 4 nitrogen and oxygen atoms in total. The Kier molecular flexibility index (Phi) is 3.35. The molecule has 5 heteroatoms. The SMILES string of the molecule is O=C(Nc1cccc(Br)n1)C1NC2CCC1CC2. The van der Waals surface area contributed by atoms with Crippen LogP contribution in [0, 0.1) is 5.92 Å². The first-order chi connectivity index (χ1) is 8.72. The molecule has 1 aromatic rings. The number of rotatable bonds is 2. The minimum Gasteiger partial charge on any atom is -0.309 e. The maximum absolute atomic E-state index is 12.2. The van der Waals surface area contributed by atoms with Crippen molar-refractivity contribution in [3.63, 3.8) is 0 Å². The quantitative estimate of drug-likeness (QED) is 0.824. The monoisotopic (exact) mass is 309 g/mol. The fourth-order valence-electron chi connectivity index (χ4n) is 2.98. The second-order valence-electron chi connectivity index (χ2n) is 5.09. The lowest BCUT2D eigenvalue weighted by Crippen LogP contribution is -2.57. The number of carbonyl (C=O) groups is 1. The molecule has 18 heavy (non-hydrogen) atoms. The van der Waals surface area contributed by atoms with E-state index in [1.54, 1.807) is 0 Å². The van der Waals surface area contributed by atoms with Crippen LogP contribution < -0.4 is 10.6 Å². The van der Waals surface area contributed by atoms with Gasteiger partial charge in [0.1, 0.15) is 10.4 Å². The standard InChI is InChI=1S/C13H16BrN3O/c14-10-2-1-3-11(16-10)17-13(18)12-8-4-6-9(15-12)7-5-8/h1-3,8-9,12,15H,4-7H2,(H,16,17,18). The van der Waals surface area contributed by atoms with Crippen LogP contribution in [0.2, 0.25) is 0 Å². The van der Waals surface area contributed by atoms with E-state index >= 15 is 0 Å². The Morgan fingerprint density at radius 1 is 1.33 bits per heavy atom. The van der Waals surface area contributed by atoms with Crippen LogP contribution in [-0.2, 0) is 4.79 Å². The molecule has 1 amide bonds. The number of piperidine rings is 2. The van der Waals surface area contributed by atoms with Crippen LogP contribution in [-0.4, -0.2) is 23.0 Å². The highest BCUT2D eigenvalue weighted by Gasteiger charge is 2.38. The highest BCUT2D eigenvalue weighted by Crippen LogP contribution is 2.33. The van der Waals surface area contributed by atoms with E-state index in [0.29, 0.717) is 17.8 Å². The first kappa shape index (κ1) is 12.1.